The van der Waals surface area contributed by atoms with E-state index < -0.39 is 29.8 Å². The zero-order valence-corrected chi connectivity index (χ0v) is 21.8. The van der Waals surface area contributed by atoms with Gasteiger partial charge in [-0.05, 0) is 71.2 Å². The van der Waals surface area contributed by atoms with Gasteiger partial charge in [0.25, 0.3) is 11.8 Å². The van der Waals surface area contributed by atoms with Gasteiger partial charge in [-0.2, -0.15) is 0 Å². The van der Waals surface area contributed by atoms with Crippen LogP contribution in [-0.2, 0) is 16.6 Å². The molecule has 0 aromatic heterocycles. The molecule has 1 aliphatic rings. The number of carbonyl (C=O) groups is 3. The van der Waals surface area contributed by atoms with E-state index in [2.05, 4.69) is 0 Å². The van der Waals surface area contributed by atoms with Crippen molar-refractivity contribution in [2.45, 2.75) is 51.6 Å². The highest BCUT2D eigenvalue weighted by molar-refractivity contribution is 6.21. The second-order valence-corrected chi connectivity index (χ2v) is 10.8. The number of aryl methyl sites for hydroxylation is 1. The van der Waals surface area contributed by atoms with Crippen LogP contribution in [0.3, 0.4) is 0 Å². The number of hydrogen-bond donors (Lipinski definition) is 2. The molecule has 0 aliphatic carbocycles. The van der Waals surface area contributed by atoms with Crippen LogP contribution in [0.5, 0.6) is 0 Å². The summed E-state index contributed by atoms with van der Waals surface area (Å²) in [4.78, 5) is 38.8. The molecule has 6 nitrogen and oxygen atoms in total. The van der Waals surface area contributed by atoms with Crippen molar-refractivity contribution in [3.63, 3.8) is 0 Å². The lowest BCUT2D eigenvalue weighted by Crippen LogP contribution is -2.36. The number of benzene rings is 3. The summed E-state index contributed by atoms with van der Waals surface area (Å²) in [7, 11) is 0. The number of nitrogens with zero attached hydrogens (tertiary/aromatic N) is 1. The zero-order valence-electron chi connectivity index (χ0n) is 21.8. The van der Waals surface area contributed by atoms with E-state index in [1.165, 1.54) is 12.1 Å². The van der Waals surface area contributed by atoms with Crippen molar-refractivity contribution in [3.05, 3.63) is 94.8 Å². The van der Waals surface area contributed by atoms with Gasteiger partial charge < -0.3 is 10.2 Å². The van der Waals surface area contributed by atoms with Gasteiger partial charge in [-0.1, -0.05) is 63.2 Å². The van der Waals surface area contributed by atoms with Crippen LogP contribution in [0.1, 0.15) is 65.5 Å². The molecule has 3 aromatic carbocycles. The maximum Gasteiger partial charge on any atom is 0.309 e. The van der Waals surface area contributed by atoms with Crippen molar-refractivity contribution >= 4 is 17.8 Å². The third-order valence-electron chi connectivity index (χ3n) is 7.14. The fourth-order valence-corrected chi connectivity index (χ4v) is 4.73. The Balaban J connectivity index is 1.36. The van der Waals surface area contributed by atoms with E-state index in [4.69, 9.17) is 0 Å². The number of amides is 2. The summed E-state index contributed by atoms with van der Waals surface area (Å²) in [6.45, 7) is 5.98. The Kier molecular flexibility index (Phi) is 7.78. The Morgan fingerprint density at radius 2 is 1.45 bits per heavy atom. The van der Waals surface area contributed by atoms with E-state index in [9.17, 15) is 29.0 Å². The van der Waals surface area contributed by atoms with E-state index in [1.54, 1.807) is 24.3 Å². The molecule has 0 radical (unpaired) electrons. The molecule has 2 atom stereocenters. The number of aliphatic carboxylic acids is 1. The third kappa shape index (κ3) is 5.83. The van der Waals surface area contributed by atoms with Gasteiger partial charge in [0, 0.05) is 6.54 Å². The maximum absolute atomic E-state index is 13.2. The second kappa shape index (κ2) is 10.9. The number of rotatable bonds is 9. The molecule has 0 saturated carbocycles. The first-order chi connectivity index (χ1) is 18.0. The van der Waals surface area contributed by atoms with Crippen LogP contribution in [0.25, 0.3) is 11.1 Å². The number of halogens is 1. The fraction of sp³-hybridized carbons (Fsp3) is 0.323. The van der Waals surface area contributed by atoms with E-state index in [0.717, 1.165) is 27.2 Å². The molecule has 0 bridgehead atoms. The molecule has 0 spiro atoms. The molecule has 2 N–H and O–H groups in total. The van der Waals surface area contributed by atoms with Gasteiger partial charge in [-0.25, -0.2) is 4.39 Å². The summed E-state index contributed by atoms with van der Waals surface area (Å²) < 4.78 is 13.2. The first-order valence-electron chi connectivity index (χ1n) is 12.7. The average molecular weight is 518 g/mol. The van der Waals surface area contributed by atoms with Crippen molar-refractivity contribution in [1.29, 1.82) is 0 Å². The molecule has 0 saturated heterocycles. The predicted octanol–water partition coefficient (Wildman–Crippen LogP) is 5.47. The average Bonchev–Trinajstić information content (AvgIpc) is 3.12. The van der Waals surface area contributed by atoms with E-state index in [1.807, 2.05) is 51.1 Å². The molecule has 0 unspecified atom stereocenters. The quantitative estimate of drug-likeness (QED) is 0.367. The summed E-state index contributed by atoms with van der Waals surface area (Å²) >= 11 is 0. The lowest BCUT2D eigenvalue weighted by molar-refractivity contribution is -0.146. The summed E-state index contributed by atoms with van der Waals surface area (Å²) in [5, 5.41) is 20.5. The summed E-state index contributed by atoms with van der Waals surface area (Å²) in [5.41, 5.74) is 4.13. The normalized spacial score (nSPS) is 14.9. The number of imide groups is 1. The molecule has 1 heterocycles. The van der Waals surface area contributed by atoms with Gasteiger partial charge >= 0.3 is 5.97 Å². The third-order valence-corrected chi connectivity index (χ3v) is 7.14. The number of aliphatic hydroxyl groups excluding tert-OH is 1. The largest absolute Gasteiger partial charge is 0.481 e. The lowest BCUT2D eigenvalue weighted by atomic mass is 9.85. The zero-order chi connectivity index (χ0) is 27.6. The van der Waals surface area contributed by atoms with E-state index in [-0.39, 0.29) is 30.6 Å². The molecule has 7 heteroatoms. The Morgan fingerprint density at radius 1 is 0.868 bits per heavy atom. The van der Waals surface area contributed by atoms with Crippen molar-refractivity contribution in [2.75, 3.05) is 6.54 Å². The standard InChI is InChI=1S/C31H32FNO5/c1-31(2,3)22-11-14-24-26(18-22)29(36)33(28(24)35)17-16-25(30(37)38)27(34)15-6-19-4-7-20(8-5-19)21-9-12-23(32)13-10-21/h4-5,7-14,18,25,27,34H,6,15-17H2,1-3H3,(H,37,38)/t25-,27+/m1/s1. The van der Waals surface area contributed by atoms with E-state index in [0.29, 0.717) is 17.5 Å². The van der Waals surface area contributed by atoms with Gasteiger partial charge in [-0.3, -0.25) is 19.3 Å². The minimum absolute atomic E-state index is 0.0440. The van der Waals surface area contributed by atoms with Crippen LogP contribution in [0, 0.1) is 11.7 Å². The first-order valence-corrected chi connectivity index (χ1v) is 12.7. The monoisotopic (exact) mass is 517 g/mol. The number of carboxylic acid groups (broad SMARTS) is 1. The van der Waals surface area contributed by atoms with Crippen molar-refractivity contribution < 1.29 is 29.0 Å². The fourth-order valence-electron chi connectivity index (χ4n) is 4.73. The Bertz CT molecular complexity index is 1340. The van der Waals surface area contributed by atoms with Gasteiger partial charge in [0.05, 0.1) is 23.1 Å². The van der Waals surface area contributed by atoms with Crippen molar-refractivity contribution in [3.8, 4) is 11.1 Å². The van der Waals surface area contributed by atoms with Crippen LogP contribution < -0.4 is 0 Å². The SMILES string of the molecule is CC(C)(C)c1ccc2c(c1)C(=O)N(CC[C@@H](C(=O)O)[C@@H](O)CCc1ccc(-c3ccc(F)cc3)cc1)C2=O. The molecule has 3 aromatic rings. The van der Waals surface area contributed by atoms with E-state index >= 15 is 0 Å². The first kappa shape index (κ1) is 27.2. The Labute approximate surface area is 221 Å². The predicted molar refractivity (Wildman–Crippen MR) is 142 cm³/mol. The Hall–Kier alpha value is -3.84. The molecular formula is C31H32FNO5. The van der Waals surface area contributed by atoms with Crippen LogP contribution in [-0.4, -0.2) is 45.5 Å². The number of aliphatic hydroxyl groups is 1. The van der Waals surface area contributed by atoms with Crippen molar-refractivity contribution in [2.24, 2.45) is 5.92 Å². The van der Waals surface area contributed by atoms with Gasteiger partial charge in [0.2, 0.25) is 0 Å². The Morgan fingerprint density at radius 3 is 2.03 bits per heavy atom. The van der Waals surface area contributed by atoms with Gasteiger partial charge in [0.15, 0.2) is 0 Å². The number of hydrogen-bond acceptors (Lipinski definition) is 4. The number of carboxylic acids is 1. The maximum atomic E-state index is 13.2. The molecular weight excluding hydrogens is 485 g/mol. The number of carbonyl (C=O) groups excluding carboxylic acids is 2. The molecule has 0 fully saturated rings. The highest BCUT2D eigenvalue weighted by atomic mass is 19.1. The van der Waals surface area contributed by atoms with Gasteiger partial charge in [-0.15, -0.1) is 0 Å². The minimum Gasteiger partial charge on any atom is -0.481 e. The minimum atomic E-state index is -1.17. The highest BCUT2D eigenvalue weighted by Gasteiger charge is 2.37. The van der Waals surface area contributed by atoms with Crippen LogP contribution in [0.2, 0.25) is 0 Å². The summed E-state index contributed by atoms with van der Waals surface area (Å²) in [6.07, 6.45) is -0.523. The summed E-state index contributed by atoms with van der Waals surface area (Å²) in [6, 6.07) is 19.0. The topological polar surface area (TPSA) is 94.9 Å². The summed E-state index contributed by atoms with van der Waals surface area (Å²) in [5.74, 6) is -3.47. The molecule has 4 rings (SSSR count). The highest BCUT2D eigenvalue weighted by Crippen LogP contribution is 2.30. The van der Waals surface area contributed by atoms with Crippen LogP contribution >= 0.6 is 0 Å². The van der Waals surface area contributed by atoms with Crippen LogP contribution in [0.15, 0.2) is 66.7 Å². The smallest absolute Gasteiger partial charge is 0.309 e. The molecule has 198 valence electrons. The molecule has 2 amide bonds. The lowest BCUT2D eigenvalue weighted by Gasteiger charge is -2.22. The molecule has 38 heavy (non-hydrogen) atoms. The van der Waals surface area contributed by atoms with Gasteiger partial charge in [0.1, 0.15) is 5.82 Å². The van der Waals surface area contributed by atoms with Crippen LogP contribution in [0.4, 0.5) is 4.39 Å². The number of fused-ring (bicyclic) bond motifs is 1. The second-order valence-electron chi connectivity index (χ2n) is 10.8. The van der Waals surface area contributed by atoms with Crippen molar-refractivity contribution in [1.82, 2.24) is 4.90 Å². The molecule has 1 aliphatic heterocycles.